The maximum Gasteiger partial charge on any atom is 0.151 e. The van der Waals surface area contributed by atoms with Gasteiger partial charge in [0.25, 0.3) is 0 Å². The SMILES string of the molecule is CCC1=C[C@H]2C(=CC[C@@H]3[C@@H]2CC[C@]2(C)[C@@H](Cc4nnnn4C)CC[C@@H]32)C=C1O. The molecular weight excluding hydrogens is 348 g/mol. The predicted molar refractivity (Wildman–Crippen MR) is 108 cm³/mol. The van der Waals surface area contributed by atoms with Crippen LogP contribution < -0.4 is 0 Å². The zero-order valence-corrected chi connectivity index (χ0v) is 17.3. The third kappa shape index (κ3) is 2.61. The summed E-state index contributed by atoms with van der Waals surface area (Å²) < 4.78 is 1.84. The minimum atomic E-state index is 0.405. The van der Waals surface area contributed by atoms with Crippen LogP contribution in [-0.4, -0.2) is 25.3 Å². The molecule has 5 heteroatoms. The van der Waals surface area contributed by atoms with Gasteiger partial charge < -0.3 is 5.11 Å². The van der Waals surface area contributed by atoms with Gasteiger partial charge in [-0.05, 0) is 95.3 Å². The van der Waals surface area contributed by atoms with E-state index in [2.05, 4.69) is 41.5 Å². The Labute approximate surface area is 167 Å². The fraction of sp³-hybridized carbons (Fsp3) is 0.696. The second-order valence-corrected chi connectivity index (χ2v) is 9.72. The maximum atomic E-state index is 10.3. The minimum Gasteiger partial charge on any atom is -0.508 e. The average Bonchev–Trinajstić information content (AvgIpc) is 3.24. The van der Waals surface area contributed by atoms with Crippen LogP contribution >= 0.6 is 0 Å². The van der Waals surface area contributed by atoms with E-state index >= 15 is 0 Å². The number of rotatable bonds is 3. The first-order valence-electron chi connectivity index (χ1n) is 11.0. The average molecular weight is 381 g/mol. The molecule has 0 aliphatic heterocycles. The summed E-state index contributed by atoms with van der Waals surface area (Å²) in [5.74, 6) is 5.03. The van der Waals surface area contributed by atoms with Gasteiger partial charge in [-0.25, -0.2) is 4.68 Å². The van der Waals surface area contributed by atoms with Crippen LogP contribution in [0.15, 0.2) is 35.1 Å². The van der Waals surface area contributed by atoms with E-state index in [-0.39, 0.29) is 0 Å². The first kappa shape index (κ1) is 18.1. The van der Waals surface area contributed by atoms with Crippen molar-refractivity contribution >= 4 is 0 Å². The second kappa shape index (κ2) is 6.57. The smallest absolute Gasteiger partial charge is 0.151 e. The largest absolute Gasteiger partial charge is 0.508 e. The second-order valence-electron chi connectivity index (χ2n) is 9.72. The van der Waals surface area contributed by atoms with Crippen LogP contribution in [0.3, 0.4) is 0 Å². The summed E-state index contributed by atoms with van der Waals surface area (Å²) in [6, 6.07) is 0. The van der Waals surface area contributed by atoms with E-state index in [4.69, 9.17) is 0 Å². The van der Waals surface area contributed by atoms with Crippen LogP contribution in [-0.2, 0) is 13.5 Å². The van der Waals surface area contributed by atoms with Gasteiger partial charge in [0.1, 0.15) is 5.76 Å². The van der Waals surface area contributed by atoms with Crippen molar-refractivity contribution in [1.29, 1.82) is 0 Å². The molecule has 0 aromatic carbocycles. The molecular formula is C23H32N4O. The summed E-state index contributed by atoms with van der Waals surface area (Å²) in [6.45, 7) is 4.69. The lowest BCUT2D eigenvalue weighted by Gasteiger charge is -2.52. The summed E-state index contributed by atoms with van der Waals surface area (Å²) in [7, 11) is 1.96. The fourth-order valence-corrected chi connectivity index (χ4v) is 7.07. The summed E-state index contributed by atoms with van der Waals surface area (Å²) in [5, 5.41) is 22.4. The number of hydrogen-bond acceptors (Lipinski definition) is 4. The molecule has 6 atom stereocenters. The van der Waals surface area contributed by atoms with Crippen molar-refractivity contribution < 1.29 is 5.11 Å². The Hall–Kier alpha value is -1.91. The molecule has 1 aromatic heterocycles. The van der Waals surface area contributed by atoms with E-state index < -0.39 is 0 Å². The van der Waals surface area contributed by atoms with Crippen LogP contribution in [0.5, 0.6) is 0 Å². The third-order valence-electron chi connectivity index (χ3n) is 8.69. The Balaban J connectivity index is 1.41. The van der Waals surface area contributed by atoms with Crippen LogP contribution in [0.4, 0.5) is 0 Å². The number of aryl methyl sites for hydroxylation is 1. The van der Waals surface area contributed by atoms with Gasteiger partial charge in [0.2, 0.25) is 0 Å². The normalized spacial score (nSPS) is 39.4. The topological polar surface area (TPSA) is 63.8 Å². The molecule has 5 rings (SSSR count). The lowest BCUT2D eigenvalue weighted by Crippen LogP contribution is -2.45. The van der Waals surface area contributed by atoms with Crippen LogP contribution in [0.1, 0.15) is 58.2 Å². The summed E-state index contributed by atoms with van der Waals surface area (Å²) in [4.78, 5) is 0. The molecule has 0 spiro atoms. The molecule has 2 saturated carbocycles. The number of aromatic nitrogens is 4. The van der Waals surface area contributed by atoms with Crippen molar-refractivity contribution in [2.75, 3.05) is 0 Å². The van der Waals surface area contributed by atoms with E-state index in [1.54, 1.807) is 0 Å². The molecule has 0 saturated heterocycles. The van der Waals surface area contributed by atoms with Crippen LogP contribution in [0.2, 0.25) is 0 Å². The Morgan fingerprint density at radius 3 is 2.86 bits per heavy atom. The van der Waals surface area contributed by atoms with Gasteiger partial charge in [0, 0.05) is 19.4 Å². The number of aliphatic hydroxyl groups excluding tert-OH is 1. The molecule has 150 valence electrons. The molecule has 0 amide bonds. The Morgan fingerprint density at radius 2 is 2.11 bits per heavy atom. The van der Waals surface area contributed by atoms with E-state index in [9.17, 15) is 5.11 Å². The van der Waals surface area contributed by atoms with Gasteiger partial charge in [-0.1, -0.05) is 26.0 Å². The molecule has 5 nitrogen and oxygen atoms in total. The van der Waals surface area contributed by atoms with E-state index in [0.717, 1.165) is 42.0 Å². The summed E-state index contributed by atoms with van der Waals surface area (Å²) >= 11 is 0. The molecule has 4 aliphatic carbocycles. The highest BCUT2D eigenvalue weighted by molar-refractivity contribution is 5.43. The number of aliphatic hydroxyl groups is 1. The zero-order valence-electron chi connectivity index (χ0n) is 17.3. The van der Waals surface area contributed by atoms with Gasteiger partial charge in [-0.3, -0.25) is 0 Å². The molecule has 0 unspecified atom stereocenters. The number of hydrogen-bond donors (Lipinski definition) is 1. The molecule has 0 bridgehead atoms. The van der Waals surface area contributed by atoms with Gasteiger partial charge in [-0.15, -0.1) is 5.10 Å². The summed E-state index contributed by atoms with van der Waals surface area (Å²) in [6.07, 6.45) is 15.2. The van der Waals surface area contributed by atoms with Crippen molar-refractivity contribution in [3.05, 3.63) is 41.0 Å². The number of tetrazole rings is 1. The molecule has 4 aliphatic rings. The highest BCUT2D eigenvalue weighted by Gasteiger charge is 2.55. The number of allylic oxidation sites excluding steroid dienone is 5. The molecule has 0 radical (unpaired) electrons. The van der Waals surface area contributed by atoms with Crippen molar-refractivity contribution in [3.8, 4) is 0 Å². The molecule has 2 fully saturated rings. The van der Waals surface area contributed by atoms with Crippen molar-refractivity contribution in [3.63, 3.8) is 0 Å². The van der Waals surface area contributed by atoms with Gasteiger partial charge in [0.15, 0.2) is 5.82 Å². The molecule has 1 N–H and O–H groups in total. The van der Waals surface area contributed by atoms with E-state index in [1.165, 1.54) is 37.7 Å². The van der Waals surface area contributed by atoms with Crippen LogP contribution in [0, 0.1) is 35.0 Å². The molecule has 28 heavy (non-hydrogen) atoms. The maximum absolute atomic E-state index is 10.3. The van der Waals surface area contributed by atoms with Gasteiger partial charge >= 0.3 is 0 Å². The van der Waals surface area contributed by atoms with E-state index in [0.29, 0.717) is 23.0 Å². The lowest BCUT2D eigenvalue weighted by atomic mass is 9.52. The van der Waals surface area contributed by atoms with Crippen molar-refractivity contribution in [1.82, 2.24) is 20.2 Å². The van der Waals surface area contributed by atoms with Gasteiger partial charge in [-0.2, -0.15) is 0 Å². The molecule has 1 aromatic rings. The number of nitrogens with zero attached hydrogens (tertiary/aromatic N) is 4. The fourth-order valence-electron chi connectivity index (χ4n) is 7.07. The summed E-state index contributed by atoms with van der Waals surface area (Å²) in [5.41, 5.74) is 2.90. The van der Waals surface area contributed by atoms with Crippen LogP contribution in [0.25, 0.3) is 0 Å². The Bertz CT molecular complexity index is 866. The first-order chi connectivity index (χ1) is 13.5. The predicted octanol–water partition coefficient (Wildman–Crippen LogP) is 4.55. The Morgan fingerprint density at radius 1 is 1.25 bits per heavy atom. The quantitative estimate of drug-likeness (QED) is 0.835. The minimum absolute atomic E-state index is 0.405. The third-order valence-corrected chi connectivity index (χ3v) is 8.69. The highest BCUT2D eigenvalue weighted by Crippen LogP contribution is 2.63. The highest BCUT2D eigenvalue weighted by atomic mass is 16.3. The van der Waals surface area contributed by atoms with Gasteiger partial charge in [0.05, 0.1) is 0 Å². The standard InChI is InChI=1S/C23H32N4O/c1-4-14-11-19-15(12-21(14)28)5-7-18-17(19)9-10-23(2)16(6-8-20(18)23)13-22-24-25-26-27(22)3/h5,11-12,16-20,28H,4,6-10,13H2,1-3H3/t16-,17+,18-,19+,20+,23-/m1/s1. The lowest BCUT2D eigenvalue weighted by molar-refractivity contribution is -0.00127. The monoisotopic (exact) mass is 380 g/mol. The molecule has 1 heterocycles. The Kier molecular flexibility index (Phi) is 4.25. The van der Waals surface area contributed by atoms with Crippen molar-refractivity contribution in [2.45, 2.75) is 58.8 Å². The number of fused-ring (bicyclic) bond motifs is 5. The first-order valence-corrected chi connectivity index (χ1v) is 11.0. The zero-order chi connectivity index (χ0) is 19.5. The van der Waals surface area contributed by atoms with E-state index in [1.807, 2.05) is 17.8 Å². The van der Waals surface area contributed by atoms with Crippen molar-refractivity contribution in [2.24, 2.45) is 42.1 Å².